The Balaban J connectivity index is 2.13. The number of alkyl halides is 2. The second-order valence-corrected chi connectivity index (χ2v) is 5.67. The largest absolute Gasteiger partial charge is 0.313 e. The molecule has 102 valence electrons. The second-order valence-electron chi connectivity index (χ2n) is 5.67. The van der Waals surface area contributed by atoms with Crippen molar-refractivity contribution in [2.24, 2.45) is 5.92 Å². The third kappa shape index (κ3) is 6.32. The highest BCUT2D eigenvalue weighted by atomic mass is 19.3. The van der Waals surface area contributed by atoms with Crippen LogP contribution < -0.4 is 5.32 Å². The second kappa shape index (κ2) is 6.64. The molecule has 4 heteroatoms. The highest BCUT2D eigenvalue weighted by Gasteiger charge is 2.34. The quantitative estimate of drug-likeness (QED) is 0.777. The Morgan fingerprint density at radius 1 is 1.29 bits per heavy atom. The van der Waals surface area contributed by atoms with Gasteiger partial charge in [-0.25, -0.2) is 8.78 Å². The van der Waals surface area contributed by atoms with E-state index in [-0.39, 0.29) is 12.8 Å². The lowest BCUT2D eigenvalue weighted by molar-refractivity contribution is -0.0482. The van der Waals surface area contributed by atoms with Gasteiger partial charge in [-0.3, -0.25) is 0 Å². The summed E-state index contributed by atoms with van der Waals surface area (Å²) in [6.07, 6.45) is 1.51. The Hall–Kier alpha value is -0.220. The van der Waals surface area contributed by atoms with Crippen LogP contribution in [0.1, 0.15) is 39.5 Å². The van der Waals surface area contributed by atoms with E-state index in [9.17, 15) is 8.78 Å². The molecule has 0 radical (unpaired) electrons. The number of halogens is 2. The first-order valence-electron chi connectivity index (χ1n) is 6.69. The molecule has 1 saturated carbocycles. The molecule has 1 rings (SSSR count). The van der Waals surface area contributed by atoms with Crippen molar-refractivity contribution in [1.29, 1.82) is 0 Å². The lowest BCUT2D eigenvalue weighted by atomic mass is 9.86. The molecule has 0 spiro atoms. The summed E-state index contributed by atoms with van der Waals surface area (Å²) in [6, 6.07) is 0.511. The normalized spacial score (nSPS) is 21.4. The average Bonchev–Trinajstić information content (AvgIpc) is 2.21. The van der Waals surface area contributed by atoms with Crippen molar-refractivity contribution in [2.45, 2.75) is 51.5 Å². The zero-order valence-corrected chi connectivity index (χ0v) is 11.3. The fourth-order valence-corrected chi connectivity index (χ4v) is 2.36. The molecule has 0 unspecified atom stereocenters. The molecule has 0 aromatic rings. The number of nitrogens with zero attached hydrogens (tertiary/aromatic N) is 1. The highest BCUT2D eigenvalue weighted by Crippen LogP contribution is 2.36. The Bertz CT molecular complexity index is 209. The maximum Gasteiger partial charge on any atom is 0.248 e. The van der Waals surface area contributed by atoms with Crippen molar-refractivity contribution in [2.75, 3.05) is 26.7 Å². The highest BCUT2D eigenvalue weighted by molar-refractivity contribution is 4.79. The van der Waals surface area contributed by atoms with Gasteiger partial charge in [-0.2, -0.15) is 0 Å². The molecule has 1 aliphatic rings. The molecule has 1 fully saturated rings. The minimum atomic E-state index is -2.39. The summed E-state index contributed by atoms with van der Waals surface area (Å²) in [4.78, 5) is 2.25. The van der Waals surface area contributed by atoms with Crippen LogP contribution in [0.5, 0.6) is 0 Å². The van der Waals surface area contributed by atoms with E-state index in [2.05, 4.69) is 31.1 Å². The molecular formula is C13H26F2N2. The third-order valence-corrected chi connectivity index (χ3v) is 3.45. The van der Waals surface area contributed by atoms with E-state index >= 15 is 0 Å². The summed E-state index contributed by atoms with van der Waals surface area (Å²) < 4.78 is 26.0. The van der Waals surface area contributed by atoms with Crippen LogP contribution in [-0.2, 0) is 0 Å². The van der Waals surface area contributed by atoms with Crippen LogP contribution in [0.15, 0.2) is 0 Å². The molecule has 0 amide bonds. The summed E-state index contributed by atoms with van der Waals surface area (Å²) in [7, 11) is 2.08. The number of nitrogens with one attached hydrogen (secondary N) is 1. The smallest absolute Gasteiger partial charge is 0.248 e. The van der Waals surface area contributed by atoms with Gasteiger partial charge >= 0.3 is 0 Å². The van der Waals surface area contributed by atoms with Crippen LogP contribution in [-0.4, -0.2) is 43.5 Å². The Labute approximate surface area is 104 Å². The first kappa shape index (κ1) is 14.8. The SMILES string of the molecule is CC(C)NCCN(C)CC1CCC(F)(F)CC1. The van der Waals surface area contributed by atoms with E-state index in [4.69, 9.17) is 0 Å². The number of likely N-dealkylation sites (N-methyl/N-ethyl adjacent to an activating group) is 1. The molecule has 1 N–H and O–H groups in total. The van der Waals surface area contributed by atoms with Crippen molar-refractivity contribution in [3.05, 3.63) is 0 Å². The zero-order valence-electron chi connectivity index (χ0n) is 11.3. The van der Waals surface area contributed by atoms with Gasteiger partial charge in [0.1, 0.15) is 0 Å². The molecule has 0 bridgehead atoms. The number of hydrogen-bond acceptors (Lipinski definition) is 2. The minimum absolute atomic E-state index is 0.0791. The average molecular weight is 248 g/mol. The molecule has 1 aliphatic carbocycles. The molecule has 0 saturated heterocycles. The Kier molecular flexibility index (Phi) is 5.80. The standard InChI is InChI=1S/C13H26F2N2/c1-11(2)16-8-9-17(3)10-12-4-6-13(14,15)7-5-12/h11-12,16H,4-10H2,1-3H3. The van der Waals surface area contributed by atoms with Gasteiger partial charge in [0, 0.05) is 38.5 Å². The molecule has 0 heterocycles. The van der Waals surface area contributed by atoms with E-state index in [0.717, 1.165) is 19.6 Å². The topological polar surface area (TPSA) is 15.3 Å². The van der Waals surface area contributed by atoms with E-state index < -0.39 is 5.92 Å². The maximum atomic E-state index is 13.0. The predicted molar refractivity (Wildman–Crippen MR) is 67.5 cm³/mol. The monoisotopic (exact) mass is 248 g/mol. The van der Waals surface area contributed by atoms with Crippen molar-refractivity contribution in [1.82, 2.24) is 10.2 Å². The van der Waals surface area contributed by atoms with Gasteiger partial charge in [0.05, 0.1) is 0 Å². The predicted octanol–water partition coefficient (Wildman–Crippen LogP) is 2.74. The lowest BCUT2D eigenvalue weighted by Crippen LogP contribution is -2.37. The first-order chi connectivity index (χ1) is 7.89. The van der Waals surface area contributed by atoms with Gasteiger partial charge in [-0.1, -0.05) is 13.8 Å². The van der Waals surface area contributed by atoms with Gasteiger partial charge in [0.2, 0.25) is 5.92 Å². The van der Waals surface area contributed by atoms with Crippen molar-refractivity contribution in [3.63, 3.8) is 0 Å². The molecule has 0 aromatic carbocycles. The van der Waals surface area contributed by atoms with E-state index in [1.807, 2.05) is 0 Å². The summed E-state index contributed by atoms with van der Waals surface area (Å²) in [5.74, 6) is -1.94. The summed E-state index contributed by atoms with van der Waals surface area (Å²) >= 11 is 0. The van der Waals surface area contributed by atoms with Gasteiger partial charge < -0.3 is 10.2 Å². The fraction of sp³-hybridized carbons (Fsp3) is 1.00. The van der Waals surface area contributed by atoms with Crippen LogP contribution in [0.4, 0.5) is 8.78 Å². The maximum absolute atomic E-state index is 13.0. The first-order valence-corrected chi connectivity index (χ1v) is 6.69. The van der Waals surface area contributed by atoms with Crippen LogP contribution in [0.25, 0.3) is 0 Å². The Morgan fingerprint density at radius 3 is 2.41 bits per heavy atom. The van der Waals surface area contributed by atoms with E-state index in [1.54, 1.807) is 0 Å². The lowest BCUT2D eigenvalue weighted by Gasteiger charge is -2.31. The zero-order chi connectivity index (χ0) is 12.9. The number of rotatable bonds is 6. The summed E-state index contributed by atoms with van der Waals surface area (Å²) in [5.41, 5.74) is 0. The molecule has 0 aromatic heterocycles. The van der Waals surface area contributed by atoms with Gasteiger partial charge in [-0.15, -0.1) is 0 Å². The minimum Gasteiger partial charge on any atom is -0.313 e. The van der Waals surface area contributed by atoms with Gasteiger partial charge in [0.15, 0.2) is 0 Å². The van der Waals surface area contributed by atoms with Crippen molar-refractivity contribution < 1.29 is 8.78 Å². The fourth-order valence-electron chi connectivity index (χ4n) is 2.36. The number of hydrogen-bond donors (Lipinski definition) is 1. The molecular weight excluding hydrogens is 222 g/mol. The molecule has 17 heavy (non-hydrogen) atoms. The van der Waals surface area contributed by atoms with Crippen LogP contribution in [0, 0.1) is 5.92 Å². The molecule has 0 atom stereocenters. The van der Waals surface area contributed by atoms with Crippen LogP contribution in [0.3, 0.4) is 0 Å². The van der Waals surface area contributed by atoms with Crippen molar-refractivity contribution in [3.8, 4) is 0 Å². The third-order valence-electron chi connectivity index (χ3n) is 3.45. The summed E-state index contributed by atoms with van der Waals surface area (Å²) in [5, 5.41) is 3.37. The molecule has 2 nitrogen and oxygen atoms in total. The molecule has 0 aliphatic heterocycles. The van der Waals surface area contributed by atoms with Crippen LogP contribution >= 0.6 is 0 Å². The Morgan fingerprint density at radius 2 is 1.88 bits per heavy atom. The van der Waals surface area contributed by atoms with E-state index in [0.29, 0.717) is 24.8 Å². The van der Waals surface area contributed by atoms with Gasteiger partial charge in [-0.05, 0) is 25.8 Å². The van der Waals surface area contributed by atoms with Crippen LogP contribution in [0.2, 0.25) is 0 Å². The summed E-state index contributed by atoms with van der Waals surface area (Å²) in [6.45, 7) is 7.17. The van der Waals surface area contributed by atoms with E-state index in [1.165, 1.54) is 0 Å². The van der Waals surface area contributed by atoms with Gasteiger partial charge in [0.25, 0.3) is 0 Å². The van der Waals surface area contributed by atoms with Crippen molar-refractivity contribution >= 4 is 0 Å².